The Morgan fingerprint density at radius 1 is 1.20 bits per heavy atom. The highest BCUT2D eigenvalue weighted by molar-refractivity contribution is 14.0. The maximum absolute atomic E-state index is 5.17. The monoisotopic (exact) mass is 462 g/mol. The van der Waals surface area contributed by atoms with Crippen molar-refractivity contribution in [3.05, 3.63) is 35.9 Å². The maximum atomic E-state index is 5.17. The second kappa shape index (κ2) is 14.3. The Kier molecular flexibility index (Phi) is 13.8. The summed E-state index contributed by atoms with van der Waals surface area (Å²) >= 11 is 0. The summed E-state index contributed by atoms with van der Waals surface area (Å²) < 4.78 is 5.17. The smallest absolute Gasteiger partial charge is 0.191 e. The number of nitrogens with zero attached hydrogens (tertiary/aromatic N) is 2. The number of aliphatic imine (C=N–C) groups is 1. The number of likely N-dealkylation sites (N-methyl/N-ethyl adjacent to an activating group) is 1. The van der Waals surface area contributed by atoms with Crippen molar-refractivity contribution >= 4 is 29.9 Å². The van der Waals surface area contributed by atoms with Crippen LogP contribution in [0.3, 0.4) is 0 Å². The number of methoxy groups -OCH3 is 1. The van der Waals surface area contributed by atoms with Gasteiger partial charge in [-0.15, -0.1) is 24.0 Å². The van der Waals surface area contributed by atoms with E-state index < -0.39 is 0 Å². The van der Waals surface area contributed by atoms with Gasteiger partial charge in [0.2, 0.25) is 0 Å². The SMILES string of the molecule is CCN(CC)C(CNC(=NC)NC(C)COC)Cc1ccccc1.I. The van der Waals surface area contributed by atoms with E-state index in [-0.39, 0.29) is 30.0 Å². The fourth-order valence-electron chi connectivity index (χ4n) is 2.89. The third kappa shape index (κ3) is 9.42. The molecule has 25 heavy (non-hydrogen) atoms. The second-order valence-electron chi connectivity index (χ2n) is 6.02. The Balaban J connectivity index is 0.00000576. The zero-order valence-electron chi connectivity index (χ0n) is 16.3. The number of ether oxygens (including phenoxy) is 1. The third-order valence-electron chi connectivity index (χ3n) is 4.17. The molecule has 144 valence electrons. The van der Waals surface area contributed by atoms with E-state index in [1.54, 1.807) is 14.2 Å². The molecule has 1 aromatic rings. The van der Waals surface area contributed by atoms with Crippen molar-refractivity contribution in [3.8, 4) is 0 Å². The molecule has 1 aromatic carbocycles. The van der Waals surface area contributed by atoms with E-state index in [4.69, 9.17) is 4.74 Å². The van der Waals surface area contributed by atoms with Gasteiger partial charge in [0.1, 0.15) is 0 Å². The molecule has 0 spiro atoms. The molecule has 0 saturated heterocycles. The first kappa shape index (κ1) is 24.1. The minimum Gasteiger partial charge on any atom is -0.383 e. The second-order valence-corrected chi connectivity index (χ2v) is 6.02. The van der Waals surface area contributed by atoms with Crippen LogP contribution in [0, 0.1) is 0 Å². The molecule has 0 aliphatic rings. The fourth-order valence-corrected chi connectivity index (χ4v) is 2.89. The van der Waals surface area contributed by atoms with Crippen LogP contribution in [0.15, 0.2) is 35.3 Å². The molecule has 0 aliphatic carbocycles. The molecule has 6 heteroatoms. The van der Waals surface area contributed by atoms with Gasteiger partial charge in [-0.3, -0.25) is 9.89 Å². The minimum atomic E-state index is 0. The van der Waals surface area contributed by atoms with Crippen molar-refractivity contribution in [1.82, 2.24) is 15.5 Å². The van der Waals surface area contributed by atoms with Gasteiger partial charge < -0.3 is 15.4 Å². The van der Waals surface area contributed by atoms with Crippen LogP contribution in [0.1, 0.15) is 26.3 Å². The van der Waals surface area contributed by atoms with Crippen LogP contribution in [-0.4, -0.2) is 63.3 Å². The average molecular weight is 462 g/mol. The van der Waals surface area contributed by atoms with E-state index in [1.165, 1.54) is 5.56 Å². The molecule has 2 unspecified atom stereocenters. The molecule has 1 rings (SSSR count). The fraction of sp³-hybridized carbons (Fsp3) is 0.632. The molecule has 2 N–H and O–H groups in total. The average Bonchev–Trinajstić information content (AvgIpc) is 2.60. The van der Waals surface area contributed by atoms with Crippen LogP contribution in [0.4, 0.5) is 0 Å². The lowest BCUT2D eigenvalue weighted by atomic mass is 10.0. The van der Waals surface area contributed by atoms with Crippen molar-refractivity contribution in [2.24, 2.45) is 4.99 Å². The molecule has 0 heterocycles. The predicted molar refractivity (Wildman–Crippen MR) is 118 cm³/mol. The van der Waals surface area contributed by atoms with Crippen LogP contribution in [-0.2, 0) is 11.2 Å². The normalized spacial score (nSPS) is 13.9. The van der Waals surface area contributed by atoms with Gasteiger partial charge >= 0.3 is 0 Å². The molecule has 2 atom stereocenters. The number of hydrogen-bond acceptors (Lipinski definition) is 3. The molecule has 5 nitrogen and oxygen atoms in total. The summed E-state index contributed by atoms with van der Waals surface area (Å²) in [6.45, 7) is 10.1. The Morgan fingerprint density at radius 3 is 2.36 bits per heavy atom. The highest BCUT2D eigenvalue weighted by Crippen LogP contribution is 2.08. The molecular weight excluding hydrogens is 427 g/mol. The number of rotatable bonds is 10. The van der Waals surface area contributed by atoms with Gasteiger partial charge in [0, 0.05) is 32.8 Å². The van der Waals surface area contributed by atoms with E-state index in [0.717, 1.165) is 32.0 Å². The lowest BCUT2D eigenvalue weighted by molar-refractivity contribution is 0.178. The van der Waals surface area contributed by atoms with Crippen LogP contribution < -0.4 is 10.6 Å². The van der Waals surface area contributed by atoms with Gasteiger partial charge in [-0.25, -0.2) is 0 Å². The molecule has 0 aromatic heterocycles. The topological polar surface area (TPSA) is 48.9 Å². The Bertz CT molecular complexity index is 466. The summed E-state index contributed by atoms with van der Waals surface area (Å²) in [5, 5.41) is 6.83. The highest BCUT2D eigenvalue weighted by atomic mass is 127. The molecule has 0 fully saturated rings. The first-order chi connectivity index (χ1) is 11.6. The Morgan fingerprint density at radius 2 is 1.84 bits per heavy atom. The van der Waals surface area contributed by atoms with Gasteiger partial charge in [-0.2, -0.15) is 0 Å². The number of benzene rings is 1. The standard InChI is InChI=1S/C19H34N4O.HI/c1-6-23(7-2)18(13-17-11-9-8-10-12-17)14-21-19(20-4)22-16(3)15-24-5;/h8-12,16,18H,6-7,13-15H2,1-5H3,(H2,20,21,22);1H. The van der Waals surface area contributed by atoms with Gasteiger partial charge in [0.05, 0.1) is 6.61 Å². The van der Waals surface area contributed by atoms with Crippen molar-refractivity contribution in [2.75, 3.05) is 40.4 Å². The summed E-state index contributed by atoms with van der Waals surface area (Å²) in [5.74, 6) is 0.824. The lowest BCUT2D eigenvalue weighted by Crippen LogP contribution is -2.50. The maximum Gasteiger partial charge on any atom is 0.191 e. The summed E-state index contributed by atoms with van der Waals surface area (Å²) in [5.41, 5.74) is 1.37. The Hall–Kier alpha value is -0.860. The summed E-state index contributed by atoms with van der Waals surface area (Å²) in [6, 6.07) is 11.3. The number of hydrogen-bond donors (Lipinski definition) is 2. The zero-order valence-corrected chi connectivity index (χ0v) is 18.6. The first-order valence-electron chi connectivity index (χ1n) is 8.88. The van der Waals surface area contributed by atoms with Gasteiger partial charge in [0.25, 0.3) is 0 Å². The van der Waals surface area contributed by atoms with Crippen LogP contribution in [0.25, 0.3) is 0 Å². The molecule has 0 amide bonds. The van der Waals surface area contributed by atoms with E-state index >= 15 is 0 Å². The number of guanidine groups is 1. The van der Waals surface area contributed by atoms with Crippen molar-refractivity contribution in [1.29, 1.82) is 0 Å². The van der Waals surface area contributed by atoms with Crippen molar-refractivity contribution < 1.29 is 4.74 Å². The summed E-state index contributed by atoms with van der Waals surface area (Å²) in [7, 11) is 3.52. The number of halogens is 1. The molecule has 0 radical (unpaired) electrons. The lowest BCUT2D eigenvalue weighted by Gasteiger charge is -2.31. The number of nitrogens with one attached hydrogen (secondary N) is 2. The molecule has 0 aliphatic heterocycles. The predicted octanol–water partition coefficient (Wildman–Crippen LogP) is 2.76. The summed E-state index contributed by atoms with van der Waals surface area (Å²) in [4.78, 5) is 6.81. The van der Waals surface area contributed by atoms with Crippen LogP contribution in [0.2, 0.25) is 0 Å². The van der Waals surface area contributed by atoms with Gasteiger partial charge in [0.15, 0.2) is 5.96 Å². The third-order valence-corrected chi connectivity index (χ3v) is 4.17. The van der Waals surface area contributed by atoms with Crippen LogP contribution >= 0.6 is 24.0 Å². The molecule has 0 saturated carbocycles. The van der Waals surface area contributed by atoms with E-state index in [1.807, 2.05) is 0 Å². The molecular formula is C19H35IN4O. The van der Waals surface area contributed by atoms with E-state index in [0.29, 0.717) is 12.6 Å². The van der Waals surface area contributed by atoms with E-state index in [2.05, 4.69) is 71.6 Å². The largest absolute Gasteiger partial charge is 0.383 e. The highest BCUT2D eigenvalue weighted by Gasteiger charge is 2.17. The van der Waals surface area contributed by atoms with Gasteiger partial charge in [-0.1, -0.05) is 44.2 Å². The quantitative estimate of drug-likeness (QED) is 0.319. The Labute approximate surface area is 170 Å². The van der Waals surface area contributed by atoms with Crippen molar-refractivity contribution in [3.63, 3.8) is 0 Å². The minimum absolute atomic E-state index is 0. The first-order valence-corrected chi connectivity index (χ1v) is 8.88. The van der Waals surface area contributed by atoms with E-state index in [9.17, 15) is 0 Å². The van der Waals surface area contributed by atoms with Gasteiger partial charge in [-0.05, 0) is 32.0 Å². The summed E-state index contributed by atoms with van der Waals surface area (Å²) in [6.07, 6.45) is 1.03. The molecule has 0 bridgehead atoms. The zero-order chi connectivity index (χ0) is 17.8. The van der Waals surface area contributed by atoms with Crippen molar-refractivity contribution in [2.45, 2.75) is 39.3 Å². The van der Waals surface area contributed by atoms with Crippen LogP contribution in [0.5, 0.6) is 0 Å².